The molecule has 0 bridgehead atoms. The van der Waals surface area contributed by atoms with Crippen molar-refractivity contribution in [3.8, 4) is 0 Å². The molecule has 1 heterocycles. The normalized spacial score (nSPS) is 33.6. The predicted octanol–water partition coefficient (Wildman–Crippen LogP) is 0.248. The van der Waals surface area contributed by atoms with Gasteiger partial charge < -0.3 is 10.2 Å². The maximum Gasteiger partial charge on any atom is 0.114 e. The van der Waals surface area contributed by atoms with E-state index < -0.39 is 6.17 Å². The van der Waals surface area contributed by atoms with Crippen LogP contribution in [0.25, 0.3) is 0 Å². The Morgan fingerprint density at radius 1 is 1.60 bits per heavy atom. The minimum atomic E-state index is -0.620. The molecule has 1 N–H and O–H groups in total. The number of likely N-dealkylation sites (N-methyl/N-ethyl adjacent to an activating group) is 1. The number of rotatable bonds is 2. The summed E-state index contributed by atoms with van der Waals surface area (Å²) in [4.78, 5) is 2.08. The first-order valence-electron chi connectivity index (χ1n) is 3.70. The molecule has 0 spiro atoms. The standard InChI is InChI=1S/C7H15FN2/c1-10(2)5-7-3-6(8)4-9-7/h6-7,9H,3-5H2,1-2H3. The first kappa shape index (κ1) is 7.95. The average Bonchev–Trinajstić information content (AvgIpc) is 2.13. The van der Waals surface area contributed by atoms with Crippen molar-refractivity contribution in [2.75, 3.05) is 27.2 Å². The Balaban J connectivity index is 2.18. The molecule has 1 aliphatic heterocycles. The van der Waals surface area contributed by atoms with E-state index in [0.717, 1.165) is 6.54 Å². The van der Waals surface area contributed by atoms with Gasteiger partial charge in [-0.3, -0.25) is 0 Å². The molecule has 0 aliphatic carbocycles. The fraction of sp³-hybridized carbons (Fsp3) is 1.00. The number of nitrogens with zero attached hydrogens (tertiary/aromatic N) is 1. The molecule has 2 atom stereocenters. The number of nitrogens with one attached hydrogen (secondary N) is 1. The van der Waals surface area contributed by atoms with Gasteiger partial charge in [-0.25, -0.2) is 4.39 Å². The van der Waals surface area contributed by atoms with E-state index in [1.54, 1.807) is 0 Å². The molecule has 0 amide bonds. The Bertz CT molecular complexity index is 106. The van der Waals surface area contributed by atoms with Gasteiger partial charge in [0.15, 0.2) is 0 Å². The van der Waals surface area contributed by atoms with Crippen molar-refractivity contribution in [1.29, 1.82) is 0 Å². The minimum absolute atomic E-state index is 0.366. The van der Waals surface area contributed by atoms with Gasteiger partial charge in [0.25, 0.3) is 0 Å². The smallest absolute Gasteiger partial charge is 0.114 e. The van der Waals surface area contributed by atoms with E-state index in [1.807, 2.05) is 14.1 Å². The third-order valence-electron chi connectivity index (χ3n) is 1.75. The molecule has 2 unspecified atom stereocenters. The summed E-state index contributed by atoms with van der Waals surface area (Å²) in [5.41, 5.74) is 0. The van der Waals surface area contributed by atoms with Gasteiger partial charge in [0, 0.05) is 19.1 Å². The molecule has 1 rings (SSSR count). The summed E-state index contributed by atoms with van der Waals surface area (Å²) in [5.74, 6) is 0. The zero-order chi connectivity index (χ0) is 7.56. The molecule has 1 fully saturated rings. The van der Waals surface area contributed by atoms with Gasteiger partial charge in [-0.1, -0.05) is 0 Å². The second-order valence-corrected chi connectivity index (χ2v) is 3.20. The van der Waals surface area contributed by atoms with E-state index in [9.17, 15) is 4.39 Å². The molecule has 1 aliphatic rings. The van der Waals surface area contributed by atoms with Gasteiger partial charge >= 0.3 is 0 Å². The predicted molar refractivity (Wildman–Crippen MR) is 39.9 cm³/mol. The lowest BCUT2D eigenvalue weighted by molar-refractivity contribution is 0.328. The van der Waals surface area contributed by atoms with Crippen molar-refractivity contribution in [2.45, 2.75) is 18.6 Å². The maximum absolute atomic E-state index is 12.5. The summed E-state index contributed by atoms with van der Waals surface area (Å²) in [6.07, 6.45) is 0.0583. The summed E-state index contributed by atoms with van der Waals surface area (Å²) in [5, 5.41) is 3.12. The number of hydrogen-bond acceptors (Lipinski definition) is 2. The van der Waals surface area contributed by atoms with Crippen LogP contribution in [0.4, 0.5) is 4.39 Å². The monoisotopic (exact) mass is 146 g/mol. The second kappa shape index (κ2) is 3.30. The van der Waals surface area contributed by atoms with Crippen LogP contribution in [-0.2, 0) is 0 Å². The van der Waals surface area contributed by atoms with E-state index in [2.05, 4.69) is 10.2 Å². The fourth-order valence-corrected chi connectivity index (χ4v) is 1.35. The zero-order valence-corrected chi connectivity index (χ0v) is 6.60. The number of halogens is 1. The Hall–Kier alpha value is -0.150. The molecule has 0 aromatic carbocycles. The lowest BCUT2D eigenvalue weighted by Gasteiger charge is -2.15. The highest BCUT2D eigenvalue weighted by Crippen LogP contribution is 2.09. The van der Waals surface area contributed by atoms with Crippen molar-refractivity contribution in [3.63, 3.8) is 0 Å². The summed E-state index contributed by atoms with van der Waals surface area (Å²) in [7, 11) is 4.01. The molecule has 0 aromatic rings. The number of alkyl halides is 1. The van der Waals surface area contributed by atoms with Crippen LogP contribution >= 0.6 is 0 Å². The highest BCUT2D eigenvalue weighted by Gasteiger charge is 2.23. The summed E-state index contributed by atoms with van der Waals surface area (Å²) >= 11 is 0. The molecule has 3 heteroatoms. The lowest BCUT2D eigenvalue weighted by Crippen LogP contribution is -2.33. The Kier molecular flexibility index (Phi) is 2.63. The second-order valence-electron chi connectivity index (χ2n) is 3.20. The van der Waals surface area contributed by atoms with E-state index in [0.29, 0.717) is 19.0 Å². The number of hydrogen-bond donors (Lipinski definition) is 1. The minimum Gasteiger partial charge on any atom is -0.310 e. The van der Waals surface area contributed by atoms with E-state index in [1.165, 1.54) is 0 Å². The Morgan fingerprint density at radius 2 is 2.30 bits per heavy atom. The Morgan fingerprint density at radius 3 is 2.70 bits per heavy atom. The van der Waals surface area contributed by atoms with Crippen molar-refractivity contribution in [1.82, 2.24) is 10.2 Å². The molecule has 60 valence electrons. The average molecular weight is 146 g/mol. The van der Waals surface area contributed by atoms with Gasteiger partial charge in [-0.2, -0.15) is 0 Å². The molecule has 0 saturated carbocycles. The SMILES string of the molecule is CN(C)CC1CC(F)CN1. The van der Waals surface area contributed by atoms with Gasteiger partial charge in [0.1, 0.15) is 6.17 Å². The Labute approximate surface area is 61.4 Å². The quantitative estimate of drug-likeness (QED) is 0.600. The fourth-order valence-electron chi connectivity index (χ4n) is 1.35. The molecule has 2 nitrogen and oxygen atoms in total. The summed E-state index contributed by atoms with van der Waals surface area (Å²) < 4.78 is 12.5. The van der Waals surface area contributed by atoms with Gasteiger partial charge in [-0.05, 0) is 20.5 Å². The molecular formula is C7H15FN2. The van der Waals surface area contributed by atoms with Crippen molar-refractivity contribution < 1.29 is 4.39 Å². The van der Waals surface area contributed by atoms with Crippen molar-refractivity contribution in [3.05, 3.63) is 0 Å². The molecular weight excluding hydrogens is 131 g/mol. The third kappa shape index (κ3) is 2.23. The van der Waals surface area contributed by atoms with Crippen LogP contribution in [-0.4, -0.2) is 44.3 Å². The molecule has 0 aromatic heterocycles. The van der Waals surface area contributed by atoms with Crippen LogP contribution in [0.1, 0.15) is 6.42 Å². The maximum atomic E-state index is 12.5. The molecule has 0 radical (unpaired) electrons. The van der Waals surface area contributed by atoms with Gasteiger partial charge in [0.05, 0.1) is 0 Å². The van der Waals surface area contributed by atoms with Gasteiger partial charge in [-0.15, -0.1) is 0 Å². The van der Waals surface area contributed by atoms with Crippen LogP contribution in [0.5, 0.6) is 0 Å². The largest absolute Gasteiger partial charge is 0.310 e. The van der Waals surface area contributed by atoms with E-state index in [-0.39, 0.29) is 0 Å². The molecule has 1 saturated heterocycles. The van der Waals surface area contributed by atoms with E-state index >= 15 is 0 Å². The van der Waals surface area contributed by atoms with Crippen LogP contribution in [0, 0.1) is 0 Å². The van der Waals surface area contributed by atoms with Crippen LogP contribution in [0.15, 0.2) is 0 Å². The highest BCUT2D eigenvalue weighted by atomic mass is 19.1. The van der Waals surface area contributed by atoms with Crippen LogP contribution in [0.3, 0.4) is 0 Å². The van der Waals surface area contributed by atoms with Crippen LogP contribution < -0.4 is 5.32 Å². The topological polar surface area (TPSA) is 15.3 Å². The van der Waals surface area contributed by atoms with Crippen molar-refractivity contribution in [2.24, 2.45) is 0 Å². The summed E-state index contributed by atoms with van der Waals surface area (Å²) in [6.45, 7) is 1.49. The zero-order valence-electron chi connectivity index (χ0n) is 6.60. The highest BCUT2D eigenvalue weighted by molar-refractivity contribution is 4.82. The van der Waals surface area contributed by atoms with Gasteiger partial charge in [0.2, 0.25) is 0 Å². The molecule has 10 heavy (non-hydrogen) atoms. The van der Waals surface area contributed by atoms with E-state index in [4.69, 9.17) is 0 Å². The lowest BCUT2D eigenvalue weighted by atomic mass is 10.2. The van der Waals surface area contributed by atoms with Crippen LogP contribution in [0.2, 0.25) is 0 Å². The first-order valence-corrected chi connectivity index (χ1v) is 3.70. The van der Waals surface area contributed by atoms with Crippen molar-refractivity contribution >= 4 is 0 Å². The first-order chi connectivity index (χ1) is 4.68. The summed E-state index contributed by atoms with van der Waals surface area (Å²) in [6, 6.07) is 0.366. The third-order valence-corrected chi connectivity index (χ3v) is 1.75.